The second-order valence-electron chi connectivity index (χ2n) is 3.75. The summed E-state index contributed by atoms with van der Waals surface area (Å²) in [5, 5.41) is 0. The Kier molecular flexibility index (Phi) is 5.14. The van der Waals surface area contributed by atoms with E-state index in [1.807, 2.05) is 13.1 Å². The van der Waals surface area contributed by atoms with Crippen LogP contribution < -0.4 is 11.3 Å². The van der Waals surface area contributed by atoms with Crippen molar-refractivity contribution >= 4 is 17.2 Å². The summed E-state index contributed by atoms with van der Waals surface area (Å²) in [5.74, 6) is 0. The maximum absolute atomic E-state index is 11.4. The molecule has 0 atom stereocenters. The quantitative estimate of drug-likeness (QED) is 0.733. The monoisotopic (exact) mass is 239 g/mol. The molecule has 88 valence electrons. The van der Waals surface area contributed by atoms with Gasteiger partial charge in [0.1, 0.15) is 0 Å². The molecular formula is C11H17N3OS. The van der Waals surface area contributed by atoms with E-state index in [1.165, 1.54) is 0 Å². The van der Waals surface area contributed by atoms with Crippen LogP contribution in [0.4, 0.5) is 0 Å². The lowest BCUT2D eigenvalue weighted by molar-refractivity contribution is 0.326. The van der Waals surface area contributed by atoms with E-state index in [9.17, 15) is 4.79 Å². The summed E-state index contributed by atoms with van der Waals surface area (Å²) in [6.07, 6.45) is 2.51. The van der Waals surface area contributed by atoms with E-state index in [0.29, 0.717) is 11.5 Å². The van der Waals surface area contributed by atoms with Crippen molar-refractivity contribution in [3.8, 4) is 0 Å². The Morgan fingerprint density at radius 1 is 1.50 bits per heavy atom. The van der Waals surface area contributed by atoms with Crippen LogP contribution in [-0.2, 0) is 6.54 Å². The van der Waals surface area contributed by atoms with Gasteiger partial charge in [-0.05, 0) is 13.1 Å². The van der Waals surface area contributed by atoms with Gasteiger partial charge >= 0.3 is 0 Å². The van der Waals surface area contributed by atoms with Gasteiger partial charge in [0.25, 0.3) is 5.56 Å². The van der Waals surface area contributed by atoms with Gasteiger partial charge in [0.05, 0.1) is 4.99 Å². The first-order chi connectivity index (χ1) is 7.59. The molecule has 0 spiro atoms. The fourth-order valence-corrected chi connectivity index (χ4v) is 1.43. The summed E-state index contributed by atoms with van der Waals surface area (Å²) >= 11 is 4.81. The number of nitrogens with zero attached hydrogens (tertiary/aromatic N) is 2. The molecule has 0 radical (unpaired) electrons. The maximum atomic E-state index is 11.4. The minimum atomic E-state index is 0.0326. The van der Waals surface area contributed by atoms with Crippen LogP contribution in [0.3, 0.4) is 0 Å². The van der Waals surface area contributed by atoms with Crippen molar-refractivity contribution in [3.63, 3.8) is 0 Å². The number of pyridine rings is 1. The first-order valence-corrected chi connectivity index (χ1v) is 5.63. The second-order valence-corrected chi connectivity index (χ2v) is 4.28. The van der Waals surface area contributed by atoms with Crippen LogP contribution in [0.2, 0.25) is 0 Å². The lowest BCUT2D eigenvalue weighted by Gasteiger charge is -2.16. The largest absolute Gasteiger partial charge is 0.393 e. The van der Waals surface area contributed by atoms with Crippen LogP contribution in [0.15, 0.2) is 29.2 Å². The third-order valence-electron chi connectivity index (χ3n) is 2.36. The molecule has 0 saturated carbocycles. The molecule has 1 aromatic heterocycles. The zero-order valence-corrected chi connectivity index (χ0v) is 10.2. The molecule has 0 aliphatic heterocycles. The van der Waals surface area contributed by atoms with Crippen molar-refractivity contribution in [1.29, 1.82) is 0 Å². The number of hydrogen-bond acceptors (Lipinski definition) is 3. The number of thiocarbonyl (C=S) groups is 1. The van der Waals surface area contributed by atoms with Gasteiger partial charge in [-0.2, -0.15) is 0 Å². The summed E-state index contributed by atoms with van der Waals surface area (Å²) in [4.78, 5) is 14.0. The molecule has 0 aliphatic rings. The normalized spacial score (nSPS) is 10.6. The molecule has 0 bridgehead atoms. The van der Waals surface area contributed by atoms with Crippen LogP contribution >= 0.6 is 12.2 Å². The highest BCUT2D eigenvalue weighted by Gasteiger charge is 2.00. The van der Waals surface area contributed by atoms with Gasteiger partial charge in [-0.15, -0.1) is 0 Å². The molecule has 1 heterocycles. The molecule has 1 rings (SSSR count). The number of nitrogens with two attached hydrogens (primary N) is 1. The van der Waals surface area contributed by atoms with E-state index < -0.39 is 0 Å². The lowest BCUT2D eigenvalue weighted by Crippen LogP contribution is -2.30. The fraction of sp³-hybridized carbons (Fsp3) is 0.455. The van der Waals surface area contributed by atoms with Gasteiger partial charge in [0, 0.05) is 38.3 Å². The van der Waals surface area contributed by atoms with E-state index >= 15 is 0 Å². The predicted molar refractivity (Wildman–Crippen MR) is 69.6 cm³/mol. The third kappa shape index (κ3) is 4.55. The summed E-state index contributed by atoms with van der Waals surface area (Å²) in [6, 6.07) is 5.17. The standard InChI is InChI=1S/C11H17N3OS/c1-13(7-5-10(12)16)8-9-14-6-3-2-4-11(14)15/h2-4,6H,5,7-9H2,1H3,(H2,12,16). The molecule has 0 saturated heterocycles. The fourth-order valence-electron chi connectivity index (χ4n) is 1.34. The van der Waals surface area contributed by atoms with Gasteiger partial charge in [0.15, 0.2) is 0 Å². The molecule has 0 unspecified atom stereocenters. The Labute approximate surface area is 101 Å². The second kappa shape index (κ2) is 6.40. The molecule has 5 heteroatoms. The average Bonchev–Trinajstić information content (AvgIpc) is 2.25. The van der Waals surface area contributed by atoms with Crippen molar-refractivity contribution < 1.29 is 0 Å². The maximum Gasteiger partial charge on any atom is 0.250 e. The van der Waals surface area contributed by atoms with E-state index in [1.54, 1.807) is 22.9 Å². The highest BCUT2D eigenvalue weighted by atomic mass is 32.1. The Balaban J connectivity index is 2.37. The summed E-state index contributed by atoms with van der Waals surface area (Å²) in [5.41, 5.74) is 5.45. The van der Waals surface area contributed by atoms with Crippen molar-refractivity contribution in [2.45, 2.75) is 13.0 Å². The molecule has 0 aromatic carbocycles. The molecule has 1 aromatic rings. The number of likely N-dealkylation sites (N-methyl/N-ethyl adjacent to an activating group) is 1. The first-order valence-electron chi connectivity index (χ1n) is 5.22. The van der Waals surface area contributed by atoms with Gasteiger partial charge < -0.3 is 15.2 Å². The van der Waals surface area contributed by atoms with Crippen LogP contribution in [0.25, 0.3) is 0 Å². The smallest absolute Gasteiger partial charge is 0.250 e. The molecule has 0 amide bonds. The molecular weight excluding hydrogens is 222 g/mol. The number of hydrogen-bond donors (Lipinski definition) is 1. The van der Waals surface area contributed by atoms with Gasteiger partial charge in [0.2, 0.25) is 0 Å². The molecule has 0 aliphatic carbocycles. The van der Waals surface area contributed by atoms with Gasteiger partial charge in [-0.25, -0.2) is 0 Å². The Morgan fingerprint density at radius 3 is 2.88 bits per heavy atom. The van der Waals surface area contributed by atoms with Crippen LogP contribution in [0.5, 0.6) is 0 Å². The van der Waals surface area contributed by atoms with E-state index in [4.69, 9.17) is 18.0 Å². The SMILES string of the molecule is CN(CCC(N)=S)CCn1ccccc1=O. The minimum absolute atomic E-state index is 0.0326. The van der Waals surface area contributed by atoms with Crippen molar-refractivity contribution in [1.82, 2.24) is 9.47 Å². The molecule has 16 heavy (non-hydrogen) atoms. The van der Waals surface area contributed by atoms with Crippen molar-refractivity contribution in [2.24, 2.45) is 5.73 Å². The summed E-state index contributed by atoms with van der Waals surface area (Å²) in [7, 11) is 1.99. The Hall–Kier alpha value is -1.20. The highest BCUT2D eigenvalue weighted by molar-refractivity contribution is 7.80. The Bertz CT molecular complexity index is 402. The van der Waals surface area contributed by atoms with Gasteiger partial charge in [-0.1, -0.05) is 18.3 Å². The van der Waals surface area contributed by atoms with Crippen molar-refractivity contribution in [3.05, 3.63) is 34.7 Å². The van der Waals surface area contributed by atoms with Crippen molar-refractivity contribution in [2.75, 3.05) is 20.1 Å². The third-order valence-corrected chi connectivity index (χ3v) is 2.57. The molecule has 2 N–H and O–H groups in total. The number of aromatic nitrogens is 1. The van der Waals surface area contributed by atoms with E-state index in [-0.39, 0.29) is 5.56 Å². The zero-order valence-electron chi connectivity index (χ0n) is 9.43. The minimum Gasteiger partial charge on any atom is -0.393 e. The van der Waals surface area contributed by atoms with E-state index in [2.05, 4.69) is 4.90 Å². The van der Waals surface area contributed by atoms with Gasteiger partial charge in [-0.3, -0.25) is 4.79 Å². The van der Waals surface area contributed by atoms with Crippen LogP contribution in [-0.4, -0.2) is 34.6 Å². The molecule has 4 nitrogen and oxygen atoms in total. The average molecular weight is 239 g/mol. The summed E-state index contributed by atoms with van der Waals surface area (Å²) < 4.78 is 1.69. The predicted octanol–water partition coefficient (Wildman–Crippen LogP) is 0.456. The summed E-state index contributed by atoms with van der Waals surface area (Å²) in [6.45, 7) is 2.33. The Morgan fingerprint density at radius 2 is 2.25 bits per heavy atom. The topological polar surface area (TPSA) is 51.3 Å². The molecule has 0 fully saturated rings. The zero-order chi connectivity index (χ0) is 12.0. The van der Waals surface area contributed by atoms with Crippen LogP contribution in [0.1, 0.15) is 6.42 Å². The highest BCUT2D eigenvalue weighted by Crippen LogP contribution is 1.90. The number of rotatable bonds is 6. The first kappa shape index (κ1) is 12.9. The van der Waals surface area contributed by atoms with E-state index in [0.717, 1.165) is 19.5 Å². The lowest BCUT2D eigenvalue weighted by atomic mass is 10.4. The van der Waals surface area contributed by atoms with Crippen LogP contribution in [0, 0.1) is 0 Å².